The van der Waals surface area contributed by atoms with Gasteiger partial charge in [0.05, 0.1) is 17.9 Å². The lowest BCUT2D eigenvalue weighted by Gasteiger charge is -2.10. The van der Waals surface area contributed by atoms with Crippen LogP contribution in [-0.2, 0) is 20.6 Å². The van der Waals surface area contributed by atoms with Crippen molar-refractivity contribution in [3.05, 3.63) is 35.4 Å². The van der Waals surface area contributed by atoms with Crippen molar-refractivity contribution in [2.24, 2.45) is 0 Å². The van der Waals surface area contributed by atoms with Gasteiger partial charge in [-0.1, -0.05) is 12.1 Å². The Kier molecular flexibility index (Phi) is 5.86. The maximum atomic E-state index is 11.8. The van der Waals surface area contributed by atoms with Crippen LogP contribution in [0.15, 0.2) is 24.3 Å². The first-order chi connectivity index (χ1) is 9.69. The molecule has 0 unspecified atom stereocenters. The molecule has 1 aromatic carbocycles. The Morgan fingerprint density at radius 1 is 1.29 bits per heavy atom. The zero-order chi connectivity index (χ0) is 16.0. The standard InChI is InChI=1S/C13H18N2O5S/c1-9(2)15-12(16)7-14-21(19,20)8-10-4-3-5-11(6-10)13(17)18/h3-6,9,14H,7-8H2,1-2H3,(H,15,16)(H,17,18). The first-order valence-corrected chi connectivity index (χ1v) is 7.94. The fraction of sp³-hybridized carbons (Fsp3) is 0.385. The van der Waals surface area contributed by atoms with Crippen molar-refractivity contribution in [3.63, 3.8) is 0 Å². The molecule has 0 spiro atoms. The minimum atomic E-state index is -3.71. The van der Waals surface area contributed by atoms with Gasteiger partial charge in [-0.3, -0.25) is 4.79 Å². The summed E-state index contributed by atoms with van der Waals surface area (Å²) < 4.78 is 25.8. The number of rotatable bonds is 7. The number of carboxylic acids is 1. The van der Waals surface area contributed by atoms with E-state index < -0.39 is 21.9 Å². The molecule has 116 valence electrons. The molecular weight excluding hydrogens is 296 g/mol. The van der Waals surface area contributed by atoms with Crippen molar-refractivity contribution in [1.82, 2.24) is 10.0 Å². The lowest BCUT2D eigenvalue weighted by atomic mass is 10.1. The molecule has 0 saturated heterocycles. The zero-order valence-electron chi connectivity index (χ0n) is 11.8. The molecule has 0 aliphatic heterocycles. The highest BCUT2D eigenvalue weighted by atomic mass is 32.2. The van der Waals surface area contributed by atoms with E-state index in [2.05, 4.69) is 10.0 Å². The Morgan fingerprint density at radius 3 is 2.52 bits per heavy atom. The average molecular weight is 314 g/mol. The summed E-state index contributed by atoms with van der Waals surface area (Å²) in [5, 5.41) is 11.4. The van der Waals surface area contributed by atoms with Crippen LogP contribution in [0, 0.1) is 0 Å². The van der Waals surface area contributed by atoms with E-state index in [4.69, 9.17) is 5.11 Å². The molecule has 0 aliphatic rings. The van der Waals surface area contributed by atoms with Crippen molar-refractivity contribution in [3.8, 4) is 0 Å². The molecule has 1 rings (SSSR count). The van der Waals surface area contributed by atoms with Crippen LogP contribution >= 0.6 is 0 Å². The number of carboxylic acid groups (broad SMARTS) is 1. The van der Waals surface area contributed by atoms with Crippen LogP contribution in [0.4, 0.5) is 0 Å². The summed E-state index contributed by atoms with van der Waals surface area (Å²) in [5.74, 6) is -1.94. The molecular formula is C13H18N2O5S. The summed E-state index contributed by atoms with van der Waals surface area (Å²) in [6.45, 7) is 3.19. The Hall–Kier alpha value is -1.93. The van der Waals surface area contributed by atoms with Crippen molar-refractivity contribution in [2.45, 2.75) is 25.6 Å². The summed E-state index contributed by atoms with van der Waals surface area (Å²) in [4.78, 5) is 22.2. The molecule has 3 N–H and O–H groups in total. The summed E-state index contributed by atoms with van der Waals surface area (Å²) in [7, 11) is -3.71. The van der Waals surface area contributed by atoms with Crippen LogP contribution in [-0.4, -0.2) is 38.0 Å². The second-order valence-electron chi connectivity index (χ2n) is 4.81. The number of benzene rings is 1. The van der Waals surface area contributed by atoms with Crippen LogP contribution in [0.3, 0.4) is 0 Å². The Bertz CT molecular complexity index is 625. The second-order valence-corrected chi connectivity index (χ2v) is 6.61. The monoisotopic (exact) mass is 314 g/mol. The van der Waals surface area contributed by atoms with Crippen LogP contribution in [0.5, 0.6) is 0 Å². The van der Waals surface area contributed by atoms with Crippen molar-refractivity contribution in [1.29, 1.82) is 0 Å². The van der Waals surface area contributed by atoms with E-state index in [0.29, 0.717) is 5.56 Å². The number of hydrogen-bond acceptors (Lipinski definition) is 4. The summed E-state index contributed by atoms with van der Waals surface area (Å²) in [6, 6.07) is 5.58. The van der Waals surface area contributed by atoms with E-state index in [0.717, 1.165) is 0 Å². The molecule has 0 atom stereocenters. The summed E-state index contributed by atoms with van der Waals surface area (Å²) in [6.07, 6.45) is 0. The number of hydrogen-bond donors (Lipinski definition) is 3. The summed E-state index contributed by atoms with van der Waals surface area (Å²) in [5.41, 5.74) is 0.354. The van der Waals surface area contributed by atoms with Gasteiger partial charge in [-0.2, -0.15) is 0 Å². The van der Waals surface area contributed by atoms with Gasteiger partial charge in [-0.05, 0) is 31.5 Å². The Balaban J connectivity index is 2.66. The zero-order valence-corrected chi connectivity index (χ0v) is 12.6. The lowest BCUT2D eigenvalue weighted by molar-refractivity contribution is -0.120. The van der Waals surface area contributed by atoms with Gasteiger partial charge >= 0.3 is 5.97 Å². The number of nitrogens with one attached hydrogen (secondary N) is 2. The van der Waals surface area contributed by atoms with E-state index in [9.17, 15) is 18.0 Å². The number of sulfonamides is 1. The molecule has 1 aromatic rings. The molecule has 21 heavy (non-hydrogen) atoms. The van der Waals surface area contributed by atoms with Gasteiger partial charge in [-0.15, -0.1) is 0 Å². The molecule has 0 saturated carbocycles. The number of carbonyl (C=O) groups excluding carboxylic acids is 1. The minimum absolute atomic E-state index is 0.0141. The molecule has 1 amide bonds. The molecule has 0 aromatic heterocycles. The van der Waals surface area contributed by atoms with Gasteiger partial charge in [0, 0.05) is 6.04 Å². The van der Waals surface area contributed by atoms with E-state index in [-0.39, 0.29) is 23.9 Å². The number of amides is 1. The highest BCUT2D eigenvalue weighted by molar-refractivity contribution is 7.88. The third-order valence-electron chi connectivity index (χ3n) is 2.43. The van der Waals surface area contributed by atoms with Crippen LogP contribution < -0.4 is 10.0 Å². The fourth-order valence-corrected chi connectivity index (χ4v) is 2.68. The topological polar surface area (TPSA) is 113 Å². The maximum absolute atomic E-state index is 11.8. The van der Waals surface area contributed by atoms with Crippen LogP contribution in [0.25, 0.3) is 0 Å². The average Bonchev–Trinajstić information content (AvgIpc) is 2.35. The molecule has 8 heteroatoms. The molecule has 0 aliphatic carbocycles. The highest BCUT2D eigenvalue weighted by Gasteiger charge is 2.15. The Labute approximate surface area is 123 Å². The van der Waals surface area contributed by atoms with Crippen molar-refractivity contribution < 1.29 is 23.1 Å². The first kappa shape index (κ1) is 17.1. The van der Waals surface area contributed by atoms with E-state index >= 15 is 0 Å². The first-order valence-electron chi connectivity index (χ1n) is 6.28. The van der Waals surface area contributed by atoms with Gasteiger partial charge in [0.15, 0.2) is 0 Å². The molecule has 0 fully saturated rings. The smallest absolute Gasteiger partial charge is 0.335 e. The van der Waals surface area contributed by atoms with Gasteiger partial charge in [-0.25, -0.2) is 17.9 Å². The Morgan fingerprint density at radius 2 is 1.95 bits per heavy atom. The van der Waals surface area contributed by atoms with E-state index in [1.807, 2.05) is 0 Å². The van der Waals surface area contributed by atoms with Gasteiger partial charge in [0.25, 0.3) is 0 Å². The quantitative estimate of drug-likeness (QED) is 0.671. The molecule has 0 radical (unpaired) electrons. The predicted octanol–water partition coefficient (Wildman–Crippen LogP) is 0.329. The third-order valence-corrected chi connectivity index (χ3v) is 3.73. The molecule has 7 nitrogen and oxygen atoms in total. The maximum Gasteiger partial charge on any atom is 0.335 e. The van der Waals surface area contributed by atoms with Gasteiger partial charge < -0.3 is 10.4 Å². The van der Waals surface area contributed by atoms with Crippen molar-refractivity contribution >= 4 is 21.9 Å². The van der Waals surface area contributed by atoms with Crippen LogP contribution in [0.2, 0.25) is 0 Å². The SMILES string of the molecule is CC(C)NC(=O)CNS(=O)(=O)Cc1cccc(C(=O)O)c1. The largest absolute Gasteiger partial charge is 0.478 e. The van der Waals surface area contributed by atoms with E-state index in [1.54, 1.807) is 13.8 Å². The third kappa shape index (κ3) is 6.37. The van der Waals surface area contributed by atoms with E-state index in [1.165, 1.54) is 24.3 Å². The number of aromatic carboxylic acids is 1. The fourth-order valence-electron chi connectivity index (χ4n) is 1.61. The van der Waals surface area contributed by atoms with Gasteiger partial charge in [0.1, 0.15) is 0 Å². The predicted molar refractivity (Wildman–Crippen MR) is 77.3 cm³/mol. The van der Waals surface area contributed by atoms with Gasteiger partial charge in [0.2, 0.25) is 15.9 Å². The minimum Gasteiger partial charge on any atom is -0.478 e. The number of carbonyl (C=O) groups is 2. The van der Waals surface area contributed by atoms with Crippen molar-refractivity contribution in [2.75, 3.05) is 6.54 Å². The highest BCUT2D eigenvalue weighted by Crippen LogP contribution is 2.08. The molecule has 0 heterocycles. The second kappa shape index (κ2) is 7.19. The lowest BCUT2D eigenvalue weighted by Crippen LogP contribution is -2.40. The summed E-state index contributed by atoms with van der Waals surface area (Å²) >= 11 is 0. The van der Waals surface area contributed by atoms with Crippen LogP contribution in [0.1, 0.15) is 29.8 Å². The normalized spacial score (nSPS) is 11.4. The molecule has 0 bridgehead atoms.